The zero-order valence-electron chi connectivity index (χ0n) is 26.5. The molecule has 3 heteroatoms. The zero-order valence-corrected chi connectivity index (χ0v) is 26.5. The molecule has 0 unspecified atom stereocenters. The van der Waals surface area contributed by atoms with E-state index in [1.807, 2.05) is 6.21 Å². The summed E-state index contributed by atoms with van der Waals surface area (Å²) in [6.45, 7) is 6.26. The van der Waals surface area contributed by atoms with Crippen molar-refractivity contribution in [3.05, 3.63) is 72.3 Å². The lowest BCUT2D eigenvalue weighted by atomic mass is 10.0. The number of aliphatic imine (C=N–C) groups is 1. The Balaban J connectivity index is 1.06. The molecule has 0 aliphatic carbocycles. The van der Waals surface area contributed by atoms with Gasteiger partial charge in [-0.25, -0.2) is 0 Å². The first-order valence-electron chi connectivity index (χ1n) is 17.1. The van der Waals surface area contributed by atoms with Crippen LogP contribution in [-0.2, 0) is 6.54 Å². The third-order valence-corrected chi connectivity index (χ3v) is 8.58. The van der Waals surface area contributed by atoms with E-state index in [0.29, 0.717) is 0 Å². The van der Waals surface area contributed by atoms with Crippen LogP contribution >= 0.6 is 0 Å². The molecule has 0 N–H and O–H groups in total. The number of hydrogen-bond donors (Lipinski definition) is 0. The van der Waals surface area contributed by atoms with Crippen LogP contribution < -0.4 is 4.74 Å². The van der Waals surface area contributed by atoms with Gasteiger partial charge in [-0.15, -0.1) is 0 Å². The molecule has 0 saturated carbocycles. The maximum atomic E-state index is 6.00. The van der Waals surface area contributed by atoms with E-state index in [4.69, 9.17) is 9.73 Å². The van der Waals surface area contributed by atoms with Gasteiger partial charge < -0.3 is 9.30 Å². The number of fused-ring (bicyclic) bond motifs is 3. The van der Waals surface area contributed by atoms with Crippen molar-refractivity contribution in [3.8, 4) is 5.75 Å². The molecule has 0 fully saturated rings. The van der Waals surface area contributed by atoms with Crippen molar-refractivity contribution < 1.29 is 4.74 Å². The molecule has 4 aromatic rings. The molecule has 0 saturated heterocycles. The molecule has 42 heavy (non-hydrogen) atoms. The van der Waals surface area contributed by atoms with Crippen LogP contribution in [0.5, 0.6) is 5.75 Å². The van der Waals surface area contributed by atoms with Crippen LogP contribution in [0.25, 0.3) is 21.8 Å². The lowest BCUT2D eigenvalue weighted by Crippen LogP contribution is -1.97. The number of para-hydroxylation sites is 1. The zero-order chi connectivity index (χ0) is 29.2. The van der Waals surface area contributed by atoms with E-state index in [2.05, 4.69) is 85.1 Å². The van der Waals surface area contributed by atoms with E-state index in [-0.39, 0.29) is 0 Å². The van der Waals surface area contributed by atoms with Crippen molar-refractivity contribution in [2.24, 2.45) is 4.99 Å². The SMILES string of the molecule is CCCCCCCCCCCCCCCCCCOc1ccc(C=Nc2ccc3c(c2)c2ccccc2n3CC)cc1. The van der Waals surface area contributed by atoms with Crippen molar-refractivity contribution in [2.75, 3.05) is 6.61 Å². The topological polar surface area (TPSA) is 26.5 Å². The highest BCUT2D eigenvalue weighted by Crippen LogP contribution is 2.31. The predicted octanol–water partition coefficient (Wildman–Crippen LogP) is 12.2. The highest BCUT2D eigenvalue weighted by Gasteiger charge is 2.09. The third kappa shape index (κ3) is 10.0. The first-order chi connectivity index (χ1) is 20.8. The van der Waals surface area contributed by atoms with Crippen LogP contribution in [0.3, 0.4) is 0 Å². The Hall–Kier alpha value is -3.07. The molecule has 0 aliphatic heterocycles. The van der Waals surface area contributed by atoms with Crippen molar-refractivity contribution in [3.63, 3.8) is 0 Å². The third-order valence-electron chi connectivity index (χ3n) is 8.58. The van der Waals surface area contributed by atoms with Gasteiger partial charge in [0.1, 0.15) is 5.75 Å². The highest BCUT2D eigenvalue weighted by atomic mass is 16.5. The lowest BCUT2D eigenvalue weighted by molar-refractivity contribution is 0.304. The van der Waals surface area contributed by atoms with Gasteiger partial charge in [-0.3, -0.25) is 4.99 Å². The monoisotopic (exact) mass is 566 g/mol. The minimum absolute atomic E-state index is 0.803. The van der Waals surface area contributed by atoms with Crippen LogP contribution in [0, 0.1) is 0 Å². The van der Waals surface area contributed by atoms with Gasteiger partial charge in [0.05, 0.1) is 12.3 Å². The number of unbranched alkanes of at least 4 members (excludes halogenated alkanes) is 15. The van der Waals surface area contributed by atoms with E-state index >= 15 is 0 Å². The number of aryl methyl sites for hydroxylation is 1. The summed E-state index contributed by atoms with van der Waals surface area (Å²) in [7, 11) is 0. The molecule has 0 atom stereocenters. The summed E-state index contributed by atoms with van der Waals surface area (Å²) in [5, 5.41) is 2.55. The molecule has 0 aliphatic rings. The first-order valence-corrected chi connectivity index (χ1v) is 17.1. The second kappa shape index (κ2) is 18.5. The summed E-state index contributed by atoms with van der Waals surface area (Å²) in [6, 6.07) is 23.4. The normalized spacial score (nSPS) is 11.8. The molecular formula is C39H54N2O. The summed E-state index contributed by atoms with van der Waals surface area (Å²) in [5.41, 5.74) is 4.61. The smallest absolute Gasteiger partial charge is 0.119 e. The maximum absolute atomic E-state index is 6.00. The van der Waals surface area contributed by atoms with Gasteiger partial charge in [-0.05, 0) is 67.4 Å². The number of aromatic nitrogens is 1. The van der Waals surface area contributed by atoms with E-state index in [0.717, 1.165) is 36.6 Å². The molecule has 0 spiro atoms. The quantitative estimate of drug-likeness (QED) is 0.0727. The van der Waals surface area contributed by atoms with E-state index in [9.17, 15) is 0 Å². The Morgan fingerprint density at radius 3 is 1.79 bits per heavy atom. The fraction of sp³-hybridized carbons (Fsp3) is 0.513. The highest BCUT2D eigenvalue weighted by molar-refractivity contribution is 6.09. The second-order valence-electron chi connectivity index (χ2n) is 11.9. The molecule has 1 heterocycles. The minimum atomic E-state index is 0.803. The number of nitrogens with zero attached hydrogens (tertiary/aromatic N) is 2. The Kier molecular flexibility index (Phi) is 14.0. The first kappa shape index (κ1) is 31.9. The van der Waals surface area contributed by atoms with Crippen LogP contribution in [-0.4, -0.2) is 17.4 Å². The average molecular weight is 567 g/mol. The fourth-order valence-corrected chi connectivity index (χ4v) is 6.10. The van der Waals surface area contributed by atoms with E-state index in [1.165, 1.54) is 118 Å². The van der Waals surface area contributed by atoms with Crippen molar-refractivity contribution in [1.82, 2.24) is 4.57 Å². The van der Waals surface area contributed by atoms with Gasteiger partial charge in [0.2, 0.25) is 0 Å². The molecule has 0 radical (unpaired) electrons. The van der Waals surface area contributed by atoms with Crippen molar-refractivity contribution >= 4 is 33.7 Å². The van der Waals surface area contributed by atoms with Gasteiger partial charge >= 0.3 is 0 Å². The Bertz CT molecular complexity index is 1330. The van der Waals surface area contributed by atoms with E-state index < -0.39 is 0 Å². The van der Waals surface area contributed by atoms with Crippen LogP contribution in [0.1, 0.15) is 122 Å². The number of rotatable bonds is 21. The van der Waals surface area contributed by atoms with Crippen molar-refractivity contribution in [2.45, 2.75) is 123 Å². The molecule has 0 bridgehead atoms. The second-order valence-corrected chi connectivity index (χ2v) is 11.9. The molecule has 3 aromatic carbocycles. The molecular weight excluding hydrogens is 512 g/mol. The van der Waals surface area contributed by atoms with Gasteiger partial charge in [0, 0.05) is 34.6 Å². The van der Waals surface area contributed by atoms with Crippen LogP contribution in [0.2, 0.25) is 0 Å². The molecule has 4 rings (SSSR count). The van der Waals surface area contributed by atoms with E-state index in [1.54, 1.807) is 0 Å². The summed E-state index contributed by atoms with van der Waals surface area (Å²) in [4.78, 5) is 4.77. The fourth-order valence-electron chi connectivity index (χ4n) is 6.10. The maximum Gasteiger partial charge on any atom is 0.119 e. The average Bonchev–Trinajstić information content (AvgIpc) is 3.35. The number of benzene rings is 3. The largest absolute Gasteiger partial charge is 0.494 e. The molecule has 1 aromatic heterocycles. The number of hydrogen-bond acceptors (Lipinski definition) is 2. The van der Waals surface area contributed by atoms with Gasteiger partial charge in [0.25, 0.3) is 0 Å². The van der Waals surface area contributed by atoms with Crippen LogP contribution in [0.15, 0.2) is 71.7 Å². The van der Waals surface area contributed by atoms with Gasteiger partial charge in [0.15, 0.2) is 0 Å². The molecule has 3 nitrogen and oxygen atoms in total. The molecule has 226 valence electrons. The lowest BCUT2D eigenvalue weighted by Gasteiger charge is -2.07. The summed E-state index contributed by atoms with van der Waals surface area (Å²) >= 11 is 0. The minimum Gasteiger partial charge on any atom is -0.494 e. The van der Waals surface area contributed by atoms with Gasteiger partial charge in [-0.2, -0.15) is 0 Å². The number of ether oxygens (including phenoxy) is 1. The van der Waals surface area contributed by atoms with Gasteiger partial charge in [-0.1, -0.05) is 121 Å². The summed E-state index contributed by atoms with van der Waals surface area (Å²) in [5.74, 6) is 0.946. The van der Waals surface area contributed by atoms with Crippen molar-refractivity contribution in [1.29, 1.82) is 0 Å². The Labute approximate surface area is 255 Å². The summed E-state index contributed by atoms with van der Waals surface area (Å²) < 4.78 is 8.37. The standard InChI is InChI=1S/C39H54N2O/c1-3-5-6-7-8-9-10-11-12-13-14-15-16-17-18-21-30-42-35-27-24-33(25-28-35)32-40-34-26-29-39-37(31-34)36-22-19-20-23-38(36)41(39)4-2/h19-20,22-29,31-32H,3-18,21,30H2,1-2H3. The predicted molar refractivity (Wildman–Crippen MR) is 184 cm³/mol. The molecule has 0 amide bonds. The Morgan fingerprint density at radius 1 is 0.595 bits per heavy atom. The summed E-state index contributed by atoms with van der Waals surface area (Å²) in [6.07, 6.45) is 24.2. The van der Waals surface area contributed by atoms with Crippen LogP contribution in [0.4, 0.5) is 5.69 Å². The Morgan fingerprint density at radius 2 is 1.17 bits per heavy atom.